The summed E-state index contributed by atoms with van der Waals surface area (Å²) in [5.74, 6) is 0.688. The van der Waals surface area contributed by atoms with Crippen LogP contribution in [-0.4, -0.2) is 29.4 Å². The summed E-state index contributed by atoms with van der Waals surface area (Å²) in [4.78, 5) is 15.3. The van der Waals surface area contributed by atoms with Gasteiger partial charge in [0, 0.05) is 17.9 Å². The minimum atomic E-state index is -0.185. The summed E-state index contributed by atoms with van der Waals surface area (Å²) in [6, 6.07) is 2.98. The van der Waals surface area contributed by atoms with E-state index in [1.807, 2.05) is 6.26 Å². The Hall–Kier alpha value is -0.450. The van der Waals surface area contributed by atoms with E-state index in [2.05, 4.69) is 10.3 Å². The number of aromatic nitrogens is 1. The Kier molecular flexibility index (Phi) is 5.22. The SMILES string of the molecule is CSCCNC(=O)c1cc(Cl)nc(Cl)c1. The van der Waals surface area contributed by atoms with Gasteiger partial charge in [-0.15, -0.1) is 0 Å². The molecule has 0 aliphatic carbocycles. The molecule has 1 N–H and O–H groups in total. The number of halogens is 2. The molecule has 1 heterocycles. The van der Waals surface area contributed by atoms with Crippen molar-refractivity contribution in [3.63, 3.8) is 0 Å². The summed E-state index contributed by atoms with van der Waals surface area (Å²) in [6.07, 6.45) is 1.98. The predicted octanol–water partition coefficient (Wildman–Crippen LogP) is 2.48. The molecule has 3 nitrogen and oxygen atoms in total. The standard InChI is InChI=1S/C9H10Cl2N2OS/c1-15-3-2-12-9(14)6-4-7(10)13-8(11)5-6/h4-5H,2-3H2,1H3,(H,12,14). The second-order valence-electron chi connectivity index (χ2n) is 2.75. The van der Waals surface area contributed by atoms with Gasteiger partial charge >= 0.3 is 0 Å². The Balaban J connectivity index is 2.65. The summed E-state index contributed by atoms with van der Waals surface area (Å²) in [5.41, 5.74) is 0.432. The molecule has 0 saturated carbocycles. The average Bonchev–Trinajstić information content (AvgIpc) is 2.16. The number of hydrogen-bond donors (Lipinski definition) is 1. The summed E-state index contributed by atoms with van der Waals surface area (Å²) < 4.78 is 0. The van der Waals surface area contributed by atoms with E-state index in [9.17, 15) is 4.79 Å². The molecular formula is C9H10Cl2N2OS. The summed E-state index contributed by atoms with van der Waals surface area (Å²) in [6.45, 7) is 0.623. The van der Waals surface area contributed by atoms with E-state index in [1.165, 1.54) is 12.1 Å². The molecule has 0 atom stereocenters. The monoisotopic (exact) mass is 264 g/mol. The Morgan fingerprint density at radius 3 is 2.60 bits per heavy atom. The first-order chi connectivity index (χ1) is 7.13. The first-order valence-electron chi connectivity index (χ1n) is 4.23. The molecule has 1 aromatic heterocycles. The predicted molar refractivity (Wildman–Crippen MR) is 65.0 cm³/mol. The lowest BCUT2D eigenvalue weighted by molar-refractivity contribution is 0.0956. The lowest BCUT2D eigenvalue weighted by atomic mass is 10.2. The van der Waals surface area contributed by atoms with Crippen molar-refractivity contribution in [2.45, 2.75) is 0 Å². The van der Waals surface area contributed by atoms with Gasteiger partial charge in [-0.25, -0.2) is 4.98 Å². The van der Waals surface area contributed by atoms with Crippen LogP contribution in [0.5, 0.6) is 0 Å². The Labute approximate surface area is 103 Å². The molecule has 0 spiro atoms. The van der Waals surface area contributed by atoms with Gasteiger partial charge in [0.25, 0.3) is 5.91 Å². The Morgan fingerprint density at radius 2 is 2.07 bits per heavy atom. The minimum Gasteiger partial charge on any atom is -0.351 e. The molecule has 15 heavy (non-hydrogen) atoms. The van der Waals surface area contributed by atoms with Gasteiger partial charge in [-0.1, -0.05) is 23.2 Å². The fourth-order valence-electron chi connectivity index (χ4n) is 0.965. The van der Waals surface area contributed by atoms with E-state index in [0.717, 1.165) is 5.75 Å². The maximum atomic E-state index is 11.6. The largest absolute Gasteiger partial charge is 0.351 e. The van der Waals surface area contributed by atoms with E-state index in [4.69, 9.17) is 23.2 Å². The highest BCUT2D eigenvalue weighted by Crippen LogP contribution is 2.14. The molecule has 0 saturated heterocycles. The smallest absolute Gasteiger partial charge is 0.251 e. The number of amides is 1. The van der Waals surface area contributed by atoms with Gasteiger partial charge in [0.1, 0.15) is 10.3 Å². The second kappa shape index (κ2) is 6.20. The maximum Gasteiger partial charge on any atom is 0.251 e. The fourth-order valence-corrected chi connectivity index (χ4v) is 1.73. The highest BCUT2D eigenvalue weighted by Gasteiger charge is 2.07. The quantitative estimate of drug-likeness (QED) is 0.671. The second-order valence-corrected chi connectivity index (χ2v) is 4.51. The number of nitrogens with zero attached hydrogens (tertiary/aromatic N) is 1. The van der Waals surface area contributed by atoms with Crippen LogP contribution in [0.25, 0.3) is 0 Å². The van der Waals surface area contributed by atoms with Crippen molar-refractivity contribution in [2.24, 2.45) is 0 Å². The molecule has 0 fully saturated rings. The van der Waals surface area contributed by atoms with Crippen LogP contribution in [0, 0.1) is 0 Å². The number of thioether (sulfide) groups is 1. The third-order valence-corrected chi connectivity index (χ3v) is 2.62. The molecule has 0 aromatic carbocycles. The van der Waals surface area contributed by atoms with Crippen LogP contribution < -0.4 is 5.32 Å². The lowest BCUT2D eigenvalue weighted by Crippen LogP contribution is -2.25. The summed E-state index contributed by atoms with van der Waals surface area (Å²) in [5, 5.41) is 3.19. The van der Waals surface area contributed by atoms with Gasteiger partial charge in [0.05, 0.1) is 0 Å². The average molecular weight is 265 g/mol. The van der Waals surface area contributed by atoms with Gasteiger partial charge in [-0.3, -0.25) is 4.79 Å². The van der Waals surface area contributed by atoms with Crippen molar-refractivity contribution in [3.8, 4) is 0 Å². The summed E-state index contributed by atoms with van der Waals surface area (Å²) in [7, 11) is 0. The van der Waals surface area contributed by atoms with Crippen LogP contribution in [-0.2, 0) is 0 Å². The minimum absolute atomic E-state index is 0.185. The van der Waals surface area contributed by atoms with E-state index in [0.29, 0.717) is 12.1 Å². The van der Waals surface area contributed by atoms with Gasteiger partial charge in [0.2, 0.25) is 0 Å². The van der Waals surface area contributed by atoms with Crippen LogP contribution in [0.15, 0.2) is 12.1 Å². The van der Waals surface area contributed by atoms with Crippen LogP contribution in [0.3, 0.4) is 0 Å². The molecular weight excluding hydrogens is 255 g/mol. The van der Waals surface area contributed by atoms with Crippen molar-refractivity contribution in [3.05, 3.63) is 28.0 Å². The van der Waals surface area contributed by atoms with Gasteiger partial charge in [0.15, 0.2) is 0 Å². The van der Waals surface area contributed by atoms with Gasteiger partial charge < -0.3 is 5.32 Å². The normalized spacial score (nSPS) is 10.1. The highest BCUT2D eigenvalue weighted by molar-refractivity contribution is 7.98. The van der Waals surface area contributed by atoms with Crippen LogP contribution in [0.2, 0.25) is 10.3 Å². The van der Waals surface area contributed by atoms with E-state index in [1.54, 1.807) is 11.8 Å². The topological polar surface area (TPSA) is 42.0 Å². The zero-order valence-corrected chi connectivity index (χ0v) is 10.4. The van der Waals surface area contributed by atoms with E-state index in [-0.39, 0.29) is 16.2 Å². The molecule has 0 bridgehead atoms. The van der Waals surface area contributed by atoms with Crippen molar-refractivity contribution < 1.29 is 4.79 Å². The number of carbonyl (C=O) groups is 1. The molecule has 0 aliphatic heterocycles. The molecule has 6 heteroatoms. The maximum absolute atomic E-state index is 11.6. The van der Waals surface area contributed by atoms with Gasteiger partial charge in [-0.05, 0) is 18.4 Å². The number of hydrogen-bond acceptors (Lipinski definition) is 3. The highest BCUT2D eigenvalue weighted by atomic mass is 35.5. The van der Waals surface area contributed by atoms with Crippen LogP contribution >= 0.6 is 35.0 Å². The van der Waals surface area contributed by atoms with Crippen LogP contribution in [0.4, 0.5) is 0 Å². The molecule has 0 aliphatic rings. The van der Waals surface area contributed by atoms with Crippen molar-refractivity contribution in [1.82, 2.24) is 10.3 Å². The first-order valence-corrected chi connectivity index (χ1v) is 6.38. The van der Waals surface area contributed by atoms with Crippen molar-refractivity contribution >= 4 is 40.9 Å². The van der Waals surface area contributed by atoms with Crippen LogP contribution in [0.1, 0.15) is 10.4 Å². The molecule has 1 rings (SSSR count). The number of nitrogens with one attached hydrogen (secondary N) is 1. The van der Waals surface area contributed by atoms with Crippen molar-refractivity contribution in [1.29, 1.82) is 0 Å². The molecule has 0 radical (unpaired) electrons. The zero-order chi connectivity index (χ0) is 11.3. The molecule has 0 unspecified atom stereocenters. The Morgan fingerprint density at radius 1 is 1.47 bits per heavy atom. The third-order valence-electron chi connectivity index (χ3n) is 1.62. The molecule has 1 amide bonds. The number of pyridine rings is 1. The van der Waals surface area contributed by atoms with Gasteiger partial charge in [-0.2, -0.15) is 11.8 Å². The molecule has 1 aromatic rings. The molecule has 82 valence electrons. The Bertz CT molecular complexity index is 340. The summed E-state index contributed by atoms with van der Waals surface area (Å²) >= 11 is 13.0. The van der Waals surface area contributed by atoms with Crippen molar-refractivity contribution in [2.75, 3.05) is 18.6 Å². The third kappa shape index (κ3) is 4.28. The lowest BCUT2D eigenvalue weighted by Gasteiger charge is -2.04. The van der Waals surface area contributed by atoms with E-state index < -0.39 is 0 Å². The number of carbonyl (C=O) groups excluding carboxylic acids is 1. The van der Waals surface area contributed by atoms with E-state index >= 15 is 0 Å². The fraction of sp³-hybridized carbons (Fsp3) is 0.333. The first kappa shape index (κ1) is 12.6. The zero-order valence-electron chi connectivity index (χ0n) is 8.09. The number of rotatable bonds is 4.